The van der Waals surface area contributed by atoms with Crippen molar-refractivity contribution in [3.63, 3.8) is 0 Å². The van der Waals surface area contributed by atoms with Crippen LogP contribution in [-0.4, -0.2) is 43.9 Å². The fraction of sp³-hybridized carbons (Fsp3) is 0.816. The monoisotopic (exact) mass is 660 g/mol. The van der Waals surface area contributed by atoms with E-state index in [4.69, 9.17) is 0 Å². The third kappa shape index (κ3) is 7.97. The van der Waals surface area contributed by atoms with Gasteiger partial charge in [-0.25, -0.2) is 17.9 Å². The van der Waals surface area contributed by atoms with Crippen LogP contribution in [0.15, 0.2) is 29.2 Å². The molecular formula is C38H64N2O5S. The second kappa shape index (κ2) is 14.5. The summed E-state index contributed by atoms with van der Waals surface area (Å²) in [6.45, 7) is 18.7. The molecule has 0 aromatic heterocycles. The van der Waals surface area contributed by atoms with Crippen molar-refractivity contribution in [3.8, 4) is 0 Å². The molecule has 4 rings (SSSR count). The highest BCUT2D eigenvalue weighted by Gasteiger charge is 2.56. The first-order valence-electron chi connectivity index (χ1n) is 18.1. The van der Waals surface area contributed by atoms with E-state index < -0.39 is 16.1 Å². The Labute approximate surface area is 280 Å². The number of carbonyl (C=O) groups excluding carboxylic acids is 1. The van der Waals surface area contributed by atoms with Crippen molar-refractivity contribution in [2.45, 2.75) is 136 Å². The van der Waals surface area contributed by atoms with Gasteiger partial charge < -0.3 is 15.5 Å². The van der Waals surface area contributed by atoms with Crippen LogP contribution in [0, 0.1) is 52.3 Å². The van der Waals surface area contributed by atoms with Crippen LogP contribution in [0.4, 0.5) is 4.79 Å². The van der Waals surface area contributed by atoms with E-state index in [-0.39, 0.29) is 33.9 Å². The maximum Gasteiger partial charge on any atom is 0.328 e. The van der Waals surface area contributed by atoms with Crippen molar-refractivity contribution in [2.24, 2.45) is 52.3 Å². The quantitative estimate of drug-likeness (QED) is 0.206. The van der Waals surface area contributed by atoms with Crippen molar-refractivity contribution in [1.82, 2.24) is 10.0 Å². The Bertz CT molecular complexity index is 1280. The minimum atomic E-state index is -3.95. The fourth-order valence-corrected chi connectivity index (χ4v) is 11.1. The molecule has 0 radical (unpaired) electrons. The number of sulfonamides is 1. The molecule has 8 heteroatoms. The fourth-order valence-electron chi connectivity index (χ4n) is 10.1. The van der Waals surface area contributed by atoms with Crippen LogP contribution in [0.1, 0.15) is 125 Å². The maximum atomic E-state index is 12.8. The Balaban J connectivity index is 1.32. The first kappa shape index (κ1) is 37.2. The number of aliphatic hydroxyl groups is 2. The summed E-state index contributed by atoms with van der Waals surface area (Å²) < 4.78 is 27.8. The summed E-state index contributed by atoms with van der Waals surface area (Å²) in [5.41, 5.74) is 1.29. The molecule has 4 N–H and O–H groups in total. The van der Waals surface area contributed by atoms with E-state index in [1.54, 1.807) is 24.3 Å². The number of hydrogen-bond donors (Lipinski definition) is 4. The lowest BCUT2D eigenvalue weighted by atomic mass is 9.45. The predicted molar refractivity (Wildman–Crippen MR) is 186 cm³/mol. The molecule has 3 saturated carbocycles. The molecule has 2 amide bonds. The molecule has 7 nitrogen and oxygen atoms in total. The number of nitrogens with one attached hydrogen (secondary N) is 2. The van der Waals surface area contributed by atoms with E-state index in [0.717, 1.165) is 63.4 Å². The summed E-state index contributed by atoms with van der Waals surface area (Å²) in [6, 6.07) is 6.00. The molecule has 0 bridgehead atoms. The number of hydrogen-bond acceptors (Lipinski definition) is 5. The smallest absolute Gasteiger partial charge is 0.328 e. The molecule has 3 aliphatic carbocycles. The molecule has 0 saturated heterocycles. The van der Waals surface area contributed by atoms with Crippen LogP contribution in [0.5, 0.6) is 0 Å². The maximum absolute atomic E-state index is 12.8. The van der Waals surface area contributed by atoms with Crippen molar-refractivity contribution in [1.29, 1.82) is 0 Å². The Kier molecular flexibility index (Phi) is 11.7. The number of aliphatic hydroxyl groups excluding tert-OH is 2. The van der Waals surface area contributed by atoms with Crippen LogP contribution < -0.4 is 10.0 Å². The molecular weight excluding hydrogens is 596 g/mol. The first-order valence-corrected chi connectivity index (χ1v) is 19.6. The number of benzene rings is 1. The number of urea groups is 1. The van der Waals surface area contributed by atoms with E-state index in [2.05, 4.69) is 65.4 Å². The van der Waals surface area contributed by atoms with Gasteiger partial charge in [0.15, 0.2) is 0 Å². The molecule has 1 aromatic carbocycles. The van der Waals surface area contributed by atoms with Crippen molar-refractivity contribution in [3.05, 3.63) is 29.8 Å². The zero-order valence-corrected chi connectivity index (χ0v) is 30.8. The summed E-state index contributed by atoms with van der Waals surface area (Å²) in [6.07, 6.45) is 10.3. The number of carbonyl (C=O) groups is 1. The largest absolute Gasteiger partial charge is 0.396 e. The zero-order chi connectivity index (χ0) is 34.1. The second-order valence-corrected chi connectivity index (χ2v) is 18.8. The second-order valence-electron chi connectivity index (χ2n) is 17.1. The van der Waals surface area contributed by atoms with Gasteiger partial charge in [-0.15, -0.1) is 0 Å². The lowest BCUT2D eigenvalue weighted by Crippen LogP contribution is -2.54. The van der Waals surface area contributed by atoms with Gasteiger partial charge in [-0.2, -0.15) is 0 Å². The third-order valence-electron chi connectivity index (χ3n) is 13.3. The predicted octanol–water partition coefficient (Wildman–Crippen LogP) is 7.65. The highest BCUT2D eigenvalue weighted by atomic mass is 32.2. The van der Waals surface area contributed by atoms with Gasteiger partial charge in [0.25, 0.3) is 10.0 Å². The average Bonchev–Trinajstić information content (AvgIpc) is 3.00. The van der Waals surface area contributed by atoms with Gasteiger partial charge in [-0.3, -0.25) is 0 Å². The highest BCUT2D eigenvalue weighted by Crippen LogP contribution is 2.63. The topological polar surface area (TPSA) is 116 Å². The first-order chi connectivity index (χ1) is 21.4. The number of rotatable bonds is 10. The molecule has 3 aliphatic rings. The van der Waals surface area contributed by atoms with Gasteiger partial charge >= 0.3 is 6.03 Å². The highest BCUT2D eigenvalue weighted by molar-refractivity contribution is 7.90. The summed E-state index contributed by atoms with van der Waals surface area (Å²) in [5, 5.41) is 24.3. The molecule has 0 heterocycles. The van der Waals surface area contributed by atoms with Crippen LogP contribution in [0.2, 0.25) is 0 Å². The van der Waals surface area contributed by atoms with Gasteiger partial charge in [0, 0.05) is 13.2 Å². The van der Waals surface area contributed by atoms with Gasteiger partial charge in [-0.1, -0.05) is 73.9 Å². The van der Waals surface area contributed by atoms with Gasteiger partial charge in [0.2, 0.25) is 0 Å². The molecule has 0 spiro atoms. The van der Waals surface area contributed by atoms with Crippen LogP contribution in [-0.2, 0) is 15.4 Å². The molecule has 262 valence electrons. The summed E-state index contributed by atoms with van der Waals surface area (Å²) in [7, 11) is -3.95. The van der Waals surface area contributed by atoms with E-state index in [1.165, 1.54) is 6.42 Å². The third-order valence-corrected chi connectivity index (χ3v) is 14.6. The molecule has 3 fully saturated rings. The van der Waals surface area contributed by atoms with Crippen LogP contribution >= 0.6 is 0 Å². The molecule has 10 atom stereocenters. The molecule has 1 aromatic rings. The van der Waals surface area contributed by atoms with E-state index in [9.17, 15) is 23.4 Å². The van der Waals surface area contributed by atoms with E-state index in [1.807, 2.05) is 0 Å². The number of amides is 2. The number of fused-ring (bicyclic) bond motifs is 1. The van der Waals surface area contributed by atoms with Crippen molar-refractivity contribution >= 4 is 16.1 Å². The lowest BCUT2D eigenvalue weighted by Gasteiger charge is -2.60. The Morgan fingerprint density at radius 3 is 2.28 bits per heavy atom. The normalized spacial score (nSPS) is 35.1. The zero-order valence-electron chi connectivity index (χ0n) is 29.9. The standard InChI is InChI=1S/C38H64N2O5S/c1-9-25(2)34-22-29(42)16-20-38(34,8)33-17-19-37(7)23-27(10-15-32(37)31(33)24-41)26(3)18-21-39-35(43)40-46(44,45)30-13-11-28(12-14-30)36(4,5)6/h11-14,25-27,29,31-34,41-42H,9-10,15-24H2,1-8H3,(H2,39,40,43)/t25-,26-,27+,29-,31+,32+,33+,34+,37-,38-/m1/s1. The Morgan fingerprint density at radius 1 is 1.00 bits per heavy atom. The average molecular weight is 661 g/mol. The van der Waals surface area contributed by atoms with E-state index >= 15 is 0 Å². The van der Waals surface area contributed by atoms with Crippen LogP contribution in [0.25, 0.3) is 0 Å². The molecule has 46 heavy (non-hydrogen) atoms. The van der Waals surface area contributed by atoms with Gasteiger partial charge in [0.1, 0.15) is 0 Å². The summed E-state index contributed by atoms with van der Waals surface area (Å²) >= 11 is 0. The van der Waals surface area contributed by atoms with Gasteiger partial charge in [-0.05, 0) is 133 Å². The lowest BCUT2D eigenvalue weighted by molar-refractivity contribution is -0.135. The summed E-state index contributed by atoms with van der Waals surface area (Å²) in [4.78, 5) is 12.7. The van der Waals surface area contributed by atoms with Gasteiger partial charge in [0.05, 0.1) is 11.0 Å². The summed E-state index contributed by atoms with van der Waals surface area (Å²) in [5.74, 6) is 3.31. The SMILES string of the molecule is CC[C@@H](C)[C@@H]1C[C@H](O)CC[C@]1(C)[C@H]1CC[C@]2(C)C[C@@H]([C@H](C)CCNC(=O)NS(=O)(=O)c3ccc(C(C)(C)C)cc3)CC[C@H]2[C@@H]1CO. The van der Waals surface area contributed by atoms with Crippen molar-refractivity contribution in [2.75, 3.05) is 13.2 Å². The Morgan fingerprint density at radius 2 is 1.67 bits per heavy atom. The minimum absolute atomic E-state index is 0.0791. The van der Waals surface area contributed by atoms with E-state index in [0.29, 0.717) is 48.0 Å². The molecule has 0 unspecified atom stereocenters. The minimum Gasteiger partial charge on any atom is -0.396 e. The molecule has 0 aliphatic heterocycles. The van der Waals surface area contributed by atoms with Crippen molar-refractivity contribution < 1.29 is 23.4 Å². The van der Waals surface area contributed by atoms with Crippen LogP contribution in [0.3, 0.4) is 0 Å². The Hall–Kier alpha value is -1.64.